The Morgan fingerprint density at radius 3 is 2.69 bits per heavy atom. The molecule has 0 fully saturated rings. The van der Waals surface area contributed by atoms with E-state index in [-0.39, 0.29) is 17.7 Å². The van der Waals surface area contributed by atoms with Crippen LogP contribution >= 0.6 is 0 Å². The number of carbonyl (C=O) groups is 2. The molecule has 0 spiro atoms. The molecule has 1 heterocycles. The summed E-state index contributed by atoms with van der Waals surface area (Å²) >= 11 is 0. The number of benzene rings is 1. The molecule has 7 nitrogen and oxygen atoms in total. The Hall–Kier alpha value is -3.66. The number of nitrogens with two attached hydrogens (primary N) is 1. The Bertz CT molecular complexity index is 1030. The maximum Gasteiger partial charge on any atom is 0.250 e. The average Bonchev–Trinajstić information content (AvgIpc) is 2.77. The quantitative estimate of drug-likeness (QED) is 0.642. The fraction of sp³-hybridized carbons (Fsp3) is 0.360. The van der Waals surface area contributed by atoms with Crippen LogP contribution in [0.3, 0.4) is 0 Å². The fourth-order valence-electron chi connectivity index (χ4n) is 3.96. The van der Waals surface area contributed by atoms with Gasteiger partial charge < -0.3 is 16.0 Å². The van der Waals surface area contributed by atoms with Crippen LogP contribution in [0.2, 0.25) is 0 Å². The van der Waals surface area contributed by atoms with Crippen molar-refractivity contribution in [2.45, 2.75) is 33.7 Å². The van der Waals surface area contributed by atoms with Gasteiger partial charge in [0.15, 0.2) is 0 Å². The molecule has 2 rings (SSSR count). The standard InChI is InChI=1S/C25H31N5O2/c1-6-8-21-17(4)25(32)30(15-16(2)3)23(19(13-27)14-28-5)22(21)24(31)29-20-10-7-9-18(11-20)12-26/h6-11,13-14,16,22-23H,15,27H2,1-5H3,(H,29,31)/b8-6-,19-13?,28-14?/t22?,23-/m1/s1. The molecular formula is C25H31N5O2. The molecule has 7 heteroatoms. The van der Waals surface area contributed by atoms with Crippen molar-refractivity contribution in [2.24, 2.45) is 22.6 Å². The lowest BCUT2D eigenvalue weighted by Crippen LogP contribution is -2.55. The predicted octanol–water partition coefficient (Wildman–Crippen LogP) is 3.42. The first kappa shape index (κ1) is 24.6. The third-order valence-corrected chi connectivity index (χ3v) is 5.26. The predicted molar refractivity (Wildman–Crippen MR) is 128 cm³/mol. The van der Waals surface area contributed by atoms with Crippen molar-refractivity contribution in [3.63, 3.8) is 0 Å². The maximum atomic E-state index is 13.7. The number of nitriles is 1. The van der Waals surface area contributed by atoms with E-state index < -0.39 is 12.0 Å². The topological polar surface area (TPSA) is 112 Å². The molecule has 2 amide bonds. The maximum absolute atomic E-state index is 13.7. The summed E-state index contributed by atoms with van der Waals surface area (Å²) in [5.41, 5.74) is 8.65. The number of rotatable bonds is 7. The molecule has 0 aliphatic carbocycles. The molecule has 0 aromatic heterocycles. The monoisotopic (exact) mass is 433 g/mol. The molecule has 1 aromatic rings. The highest BCUT2D eigenvalue weighted by Crippen LogP contribution is 2.35. The van der Waals surface area contributed by atoms with Crippen LogP contribution in [0.15, 0.2) is 64.3 Å². The van der Waals surface area contributed by atoms with Gasteiger partial charge in [0.2, 0.25) is 11.8 Å². The average molecular weight is 434 g/mol. The Labute approximate surface area is 190 Å². The Kier molecular flexibility index (Phi) is 8.54. The molecule has 0 saturated heterocycles. The highest BCUT2D eigenvalue weighted by atomic mass is 16.2. The van der Waals surface area contributed by atoms with Crippen molar-refractivity contribution in [1.29, 1.82) is 5.26 Å². The zero-order valence-corrected chi connectivity index (χ0v) is 19.3. The smallest absolute Gasteiger partial charge is 0.250 e. The first-order chi connectivity index (χ1) is 15.3. The minimum absolute atomic E-state index is 0.129. The van der Waals surface area contributed by atoms with Crippen molar-refractivity contribution in [2.75, 3.05) is 18.9 Å². The molecule has 0 radical (unpaired) electrons. The summed E-state index contributed by atoms with van der Waals surface area (Å²) < 4.78 is 0. The van der Waals surface area contributed by atoms with Gasteiger partial charge in [-0.1, -0.05) is 32.1 Å². The third-order valence-electron chi connectivity index (χ3n) is 5.26. The molecule has 0 bridgehead atoms. The van der Waals surface area contributed by atoms with E-state index in [1.807, 2.05) is 26.8 Å². The zero-order chi connectivity index (χ0) is 23.8. The van der Waals surface area contributed by atoms with Crippen LogP contribution in [-0.4, -0.2) is 42.6 Å². The number of carbonyl (C=O) groups excluding carboxylic acids is 2. The Balaban J connectivity index is 2.67. The van der Waals surface area contributed by atoms with Crippen LogP contribution in [0.5, 0.6) is 0 Å². The van der Waals surface area contributed by atoms with Crippen LogP contribution in [0.1, 0.15) is 33.3 Å². The number of nitrogens with zero attached hydrogens (tertiary/aromatic N) is 3. The van der Waals surface area contributed by atoms with E-state index in [1.54, 1.807) is 55.4 Å². The van der Waals surface area contributed by atoms with Crippen molar-refractivity contribution in [3.8, 4) is 6.07 Å². The van der Waals surface area contributed by atoms with Gasteiger partial charge in [-0.15, -0.1) is 0 Å². The van der Waals surface area contributed by atoms with Crippen LogP contribution in [0.25, 0.3) is 0 Å². The lowest BCUT2D eigenvalue weighted by Gasteiger charge is -2.43. The van der Waals surface area contributed by atoms with E-state index >= 15 is 0 Å². The zero-order valence-electron chi connectivity index (χ0n) is 19.3. The summed E-state index contributed by atoms with van der Waals surface area (Å²) in [7, 11) is 1.62. The highest BCUT2D eigenvalue weighted by molar-refractivity contribution is 6.04. The van der Waals surface area contributed by atoms with Crippen molar-refractivity contribution in [1.82, 2.24) is 4.90 Å². The van der Waals surface area contributed by atoms with Crippen molar-refractivity contribution in [3.05, 3.63) is 64.9 Å². The highest BCUT2D eigenvalue weighted by Gasteiger charge is 2.44. The molecule has 32 heavy (non-hydrogen) atoms. The Morgan fingerprint density at radius 1 is 1.41 bits per heavy atom. The second-order valence-electron chi connectivity index (χ2n) is 8.09. The number of aliphatic imine (C=N–C) groups is 1. The summed E-state index contributed by atoms with van der Waals surface area (Å²) in [6.45, 7) is 8.10. The van der Waals surface area contributed by atoms with Gasteiger partial charge in [0.1, 0.15) is 0 Å². The van der Waals surface area contributed by atoms with E-state index in [0.717, 1.165) is 0 Å². The molecule has 3 N–H and O–H groups in total. The largest absolute Gasteiger partial charge is 0.404 e. The second-order valence-corrected chi connectivity index (χ2v) is 8.09. The lowest BCUT2D eigenvalue weighted by molar-refractivity contribution is -0.133. The number of hydrogen-bond donors (Lipinski definition) is 2. The summed E-state index contributed by atoms with van der Waals surface area (Å²) in [6, 6.07) is 8.19. The SMILES string of the molecule is C/C=C\C1=C(C)C(=O)N(CC(C)C)[C@H](C(C=NC)=CN)C1C(=O)Nc1cccc(C#N)c1. The van der Waals surface area contributed by atoms with Gasteiger partial charge in [-0.2, -0.15) is 5.26 Å². The van der Waals surface area contributed by atoms with E-state index in [0.29, 0.717) is 34.5 Å². The molecular weight excluding hydrogens is 402 g/mol. The van der Waals surface area contributed by atoms with Crippen LogP contribution in [0, 0.1) is 23.2 Å². The molecule has 1 aliphatic heterocycles. The van der Waals surface area contributed by atoms with Gasteiger partial charge in [0.05, 0.1) is 23.6 Å². The molecule has 2 atom stereocenters. The van der Waals surface area contributed by atoms with Crippen molar-refractivity contribution >= 4 is 23.7 Å². The van der Waals surface area contributed by atoms with E-state index in [4.69, 9.17) is 5.73 Å². The fourth-order valence-corrected chi connectivity index (χ4v) is 3.96. The van der Waals surface area contributed by atoms with Gasteiger partial charge in [0, 0.05) is 42.8 Å². The van der Waals surface area contributed by atoms with Crippen LogP contribution in [0.4, 0.5) is 5.69 Å². The van der Waals surface area contributed by atoms with Gasteiger partial charge >= 0.3 is 0 Å². The van der Waals surface area contributed by atoms with Gasteiger partial charge in [0.25, 0.3) is 0 Å². The van der Waals surface area contributed by atoms with E-state index in [9.17, 15) is 14.9 Å². The molecule has 1 unspecified atom stereocenters. The lowest BCUT2D eigenvalue weighted by atomic mass is 9.78. The second kappa shape index (κ2) is 11.1. The number of allylic oxidation sites excluding steroid dienone is 2. The number of anilines is 1. The van der Waals surface area contributed by atoms with Crippen molar-refractivity contribution < 1.29 is 9.59 Å². The minimum atomic E-state index is -0.707. The number of hydrogen-bond acceptors (Lipinski definition) is 5. The summed E-state index contributed by atoms with van der Waals surface area (Å²) in [4.78, 5) is 32.8. The third kappa shape index (κ3) is 5.33. The molecule has 1 aliphatic rings. The molecule has 1 aromatic carbocycles. The summed E-state index contributed by atoms with van der Waals surface area (Å²) in [6.07, 6.45) is 6.62. The first-order valence-corrected chi connectivity index (χ1v) is 10.6. The van der Waals surface area contributed by atoms with Gasteiger partial charge in [-0.05, 0) is 43.5 Å². The van der Waals surface area contributed by atoms with Crippen LogP contribution < -0.4 is 11.1 Å². The summed E-state index contributed by atoms with van der Waals surface area (Å²) in [5.74, 6) is -0.939. The van der Waals surface area contributed by atoms with Gasteiger partial charge in [-0.25, -0.2) is 0 Å². The van der Waals surface area contributed by atoms with Gasteiger partial charge in [-0.3, -0.25) is 14.6 Å². The number of amides is 2. The van der Waals surface area contributed by atoms with Crippen LogP contribution in [-0.2, 0) is 9.59 Å². The number of nitrogens with one attached hydrogen (secondary N) is 1. The first-order valence-electron chi connectivity index (χ1n) is 10.6. The molecule has 0 saturated carbocycles. The molecule has 168 valence electrons. The van der Waals surface area contributed by atoms with E-state index in [2.05, 4.69) is 16.4 Å². The normalized spacial score (nSPS) is 19.8. The van der Waals surface area contributed by atoms with E-state index in [1.165, 1.54) is 6.20 Å². The summed E-state index contributed by atoms with van der Waals surface area (Å²) in [5, 5.41) is 12.1. The minimum Gasteiger partial charge on any atom is -0.404 e. The Morgan fingerprint density at radius 2 is 2.12 bits per heavy atom.